The van der Waals surface area contributed by atoms with E-state index in [-0.39, 0.29) is 24.8 Å². The SMILES string of the molecule is C[CH]=[Zr+2][CH]1c2ccccc2-c2cccc(C3C([SiH](C)C)=C(CCO[Si](C)(C)C)c4ccccc43)c21.[Cl-].[Cl-]. The average Bonchev–Trinajstić information content (AvgIpc) is 3.32. The van der Waals surface area contributed by atoms with Gasteiger partial charge in [-0.1, -0.05) is 0 Å². The predicted molar refractivity (Wildman–Crippen MR) is 153 cm³/mol. The molecule has 0 bridgehead atoms. The van der Waals surface area contributed by atoms with E-state index in [2.05, 4.69) is 110 Å². The Balaban J connectivity index is 0.00000190. The fourth-order valence-corrected chi connectivity index (χ4v) is 12.0. The summed E-state index contributed by atoms with van der Waals surface area (Å²) in [6.45, 7) is 15.1. The quantitative estimate of drug-likeness (QED) is 0.358. The van der Waals surface area contributed by atoms with Crippen LogP contribution in [0.3, 0.4) is 0 Å². The third-order valence-corrected chi connectivity index (χ3v) is 13.5. The molecule has 37 heavy (non-hydrogen) atoms. The van der Waals surface area contributed by atoms with Crippen molar-refractivity contribution < 1.29 is 52.0 Å². The number of fused-ring (bicyclic) bond motifs is 4. The molecule has 0 N–H and O–H groups in total. The third-order valence-electron chi connectivity index (χ3n) is 7.40. The molecule has 6 heteroatoms. The Labute approximate surface area is 249 Å². The Bertz CT molecular complexity index is 1330. The van der Waals surface area contributed by atoms with Gasteiger partial charge < -0.3 is 24.8 Å². The van der Waals surface area contributed by atoms with E-state index in [4.69, 9.17) is 4.43 Å². The molecular weight excluding hydrogens is 607 g/mol. The zero-order valence-electron chi connectivity index (χ0n) is 22.7. The maximum absolute atomic E-state index is 6.36. The monoisotopic (exact) mass is 641 g/mol. The van der Waals surface area contributed by atoms with E-state index in [1.807, 2.05) is 0 Å². The number of rotatable bonds is 7. The van der Waals surface area contributed by atoms with Gasteiger partial charge in [0.05, 0.1) is 0 Å². The first-order chi connectivity index (χ1) is 16.8. The first-order valence-electron chi connectivity index (χ1n) is 13.0. The summed E-state index contributed by atoms with van der Waals surface area (Å²) in [5.41, 5.74) is 12.4. The van der Waals surface area contributed by atoms with Gasteiger partial charge in [-0.05, 0) is 0 Å². The van der Waals surface area contributed by atoms with E-state index in [9.17, 15) is 0 Å². The Morgan fingerprint density at radius 2 is 1.41 bits per heavy atom. The molecule has 0 saturated heterocycles. The molecule has 3 aromatic rings. The van der Waals surface area contributed by atoms with Gasteiger partial charge in [-0.2, -0.15) is 0 Å². The number of allylic oxidation sites excluding steroid dienone is 1. The van der Waals surface area contributed by atoms with Gasteiger partial charge in [-0.3, -0.25) is 0 Å². The summed E-state index contributed by atoms with van der Waals surface area (Å²) in [6, 6.07) is 25.6. The van der Waals surface area contributed by atoms with Crippen molar-refractivity contribution in [1.82, 2.24) is 0 Å². The largest absolute Gasteiger partial charge is 1.00 e. The Kier molecular flexibility index (Phi) is 10.4. The van der Waals surface area contributed by atoms with Crippen LogP contribution in [0.1, 0.15) is 50.7 Å². The zero-order chi connectivity index (χ0) is 24.7. The zero-order valence-corrected chi connectivity index (χ0v) is 28.9. The number of halogens is 2. The van der Waals surface area contributed by atoms with E-state index in [0.717, 1.165) is 13.0 Å². The average molecular weight is 644 g/mol. The molecule has 1 nitrogen and oxygen atoms in total. The number of benzene rings is 3. The first kappa shape index (κ1) is 30.7. The van der Waals surface area contributed by atoms with Gasteiger partial charge >= 0.3 is 227 Å². The molecule has 0 fully saturated rings. The minimum Gasteiger partial charge on any atom is -1.00 e. The van der Waals surface area contributed by atoms with Crippen molar-refractivity contribution in [3.8, 4) is 11.1 Å². The smallest absolute Gasteiger partial charge is 1.00 e. The van der Waals surface area contributed by atoms with Crippen molar-refractivity contribution in [2.75, 3.05) is 6.61 Å². The second kappa shape index (κ2) is 12.5. The second-order valence-electron chi connectivity index (χ2n) is 11.1. The molecule has 5 rings (SSSR count). The molecule has 0 aliphatic heterocycles. The summed E-state index contributed by atoms with van der Waals surface area (Å²) in [6.07, 6.45) is 1.04. The Hall–Kier alpha value is -0.873. The first-order valence-corrected chi connectivity index (χ1v) is 22.2. The van der Waals surface area contributed by atoms with Crippen molar-refractivity contribution in [2.24, 2.45) is 0 Å². The van der Waals surface area contributed by atoms with Gasteiger partial charge in [-0.25, -0.2) is 0 Å². The van der Waals surface area contributed by atoms with Gasteiger partial charge in [0.2, 0.25) is 0 Å². The Morgan fingerprint density at radius 3 is 2.05 bits per heavy atom. The van der Waals surface area contributed by atoms with Crippen LogP contribution in [0.4, 0.5) is 0 Å². The van der Waals surface area contributed by atoms with Crippen LogP contribution in [-0.4, -0.2) is 27.4 Å². The fraction of sp³-hybridized carbons (Fsp3) is 0.323. The van der Waals surface area contributed by atoms with E-state index in [0.29, 0.717) is 9.54 Å². The van der Waals surface area contributed by atoms with Crippen LogP contribution >= 0.6 is 0 Å². The summed E-state index contributed by atoms with van der Waals surface area (Å²) >= 11 is -0.692. The summed E-state index contributed by atoms with van der Waals surface area (Å²) in [4.78, 5) is 0. The number of hydrogen-bond donors (Lipinski definition) is 0. The molecule has 2 unspecified atom stereocenters. The normalized spacial score (nSPS) is 17.7. The van der Waals surface area contributed by atoms with E-state index < -0.39 is 39.9 Å². The second-order valence-corrected chi connectivity index (χ2v) is 22.2. The minimum absolute atomic E-state index is 0. The van der Waals surface area contributed by atoms with Crippen LogP contribution in [0, 0.1) is 0 Å². The topological polar surface area (TPSA) is 9.23 Å². The van der Waals surface area contributed by atoms with Gasteiger partial charge in [0, 0.05) is 0 Å². The van der Waals surface area contributed by atoms with Crippen molar-refractivity contribution in [2.45, 2.75) is 55.6 Å². The summed E-state index contributed by atoms with van der Waals surface area (Å²) in [7, 11) is -2.61. The van der Waals surface area contributed by atoms with Gasteiger partial charge in [-0.15, -0.1) is 0 Å². The molecule has 0 heterocycles. The van der Waals surface area contributed by atoms with Crippen LogP contribution in [0.2, 0.25) is 32.7 Å². The van der Waals surface area contributed by atoms with E-state index >= 15 is 0 Å². The minimum atomic E-state index is -1.53. The van der Waals surface area contributed by atoms with E-state index in [1.165, 1.54) is 22.3 Å². The van der Waals surface area contributed by atoms with Crippen LogP contribution < -0.4 is 24.8 Å². The Morgan fingerprint density at radius 1 is 0.811 bits per heavy atom. The molecule has 2 atom stereocenters. The predicted octanol–water partition coefficient (Wildman–Crippen LogP) is 1.84. The van der Waals surface area contributed by atoms with Crippen LogP contribution in [-0.2, 0) is 27.2 Å². The molecular formula is C31H37Cl2OSi2Zr. The van der Waals surface area contributed by atoms with Crippen molar-refractivity contribution in [3.63, 3.8) is 0 Å². The third kappa shape index (κ3) is 5.86. The van der Waals surface area contributed by atoms with Crippen molar-refractivity contribution >= 4 is 26.4 Å². The van der Waals surface area contributed by atoms with Gasteiger partial charge in [0.25, 0.3) is 0 Å². The maximum atomic E-state index is 6.36. The molecule has 0 saturated carbocycles. The van der Waals surface area contributed by atoms with Crippen LogP contribution in [0.25, 0.3) is 16.7 Å². The fourth-order valence-electron chi connectivity index (χ4n) is 6.16. The molecule has 3 aromatic carbocycles. The molecule has 0 aromatic heterocycles. The van der Waals surface area contributed by atoms with E-state index in [1.54, 1.807) is 27.5 Å². The standard InChI is InChI=1S/C29H33OSi2.C2H4.2ClH.Zr/c1-31(2)29-26(17-18-30-32(3,4)5)23-13-8-9-14-24(23)28(29)25-16-10-15-22-21-12-7-6-11-20(21)19-27(22)25;1-2;;;/h6-16,19,28,31H,17-18H2,1-5H3;1H,2H3;2*1H;/q;;;;+2/p-2. The van der Waals surface area contributed by atoms with Gasteiger partial charge in [0.1, 0.15) is 0 Å². The van der Waals surface area contributed by atoms with Gasteiger partial charge in [0.15, 0.2) is 0 Å². The van der Waals surface area contributed by atoms with Crippen LogP contribution in [0.15, 0.2) is 71.9 Å². The van der Waals surface area contributed by atoms with Crippen molar-refractivity contribution in [1.29, 1.82) is 0 Å². The molecule has 0 amide bonds. The molecule has 2 aliphatic carbocycles. The maximum Gasteiger partial charge on any atom is -1.00 e. The van der Waals surface area contributed by atoms with Crippen molar-refractivity contribution in [3.05, 3.63) is 99.7 Å². The summed E-state index contributed by atoms with van der Waals surface area (Å²) in [5.74, 6) is 0.405. The summed E-state index contributed by atoms with van der Waals surface area (Å²) in [5, 5.41) is 1.75. The van der Waals surface area contributed by atoms with Crippen LogP contribution in [0.5, 0.6) is 0 Å². The molecule has 0 spiro atoms. The number of hydrogen-bond acceptors (Lipinski definition) is 1. The molecule has 0 radical (unpaired) electrons. The molecule has 193 valence electrons. The summed E-state index contributed by atoms with van der Waals surface area (Å²) < 4.78 is 9.50. The molecule has 2 aliphatic rings.